The maximum absolute atomic E-state index is 12.4. The van der Waals surface area contributed by atoms with E-state index in [2.05, 4.69) is 5.32 Å². The normalized spacial score (nSPS) is 11.8. The van der Waals surface area contributed by atoms with Crippen LogP contribution >= 0.6 is 0 Å². The smallest absolute Gasteiger partial charge is 0.242 e. The lowest BCUT2D eigenvalue weighted by atomic mass is 10.2. The minimum atomic E-state index is -3.51. The highest BCUT2D eigenvalue weighted by Crippen LogP contribution is 2.24. The molecular formula is C13H22N2O4S. The summed E-state index contributed by atoms with van der Waals surface area (Å²) in [6.07, 6.45) is 0. The molecule has 0 aromatic heterocycles. The van der Waals surface area contributed by atoms with Gasteiger partial charge in [0.1, 0.15) is 5.75 Å². The molecule has 0 unspecified atom stereocenters. The van der Waals surface area contributed by atoms with Gasteiger partial charge in [0, 0.05) is 32.8 Å². The van der Waals surface area contributed by atoms with Gasteiger partial charge in [-0.1, -0.05) is 0 Å². The molecule has 6 nitrogen and oxygen atoms in total. The highest BCUT2D eigenvalue weighted by atomic mass is 32.2. The van der Waals surface area contributed by atoms with Crippen molar-refractivity contribution in [3.05, 3.63) is 23.8 Å². The zero-order chi connectivity index (χ0) is 15.2. The Labute approximate surface area is 120 Å². The summed E-state index contributed by atoms with van der Waals surface area (Å²) in [4.78, 5) is 0.252. The second kappa shape index (κ2) is 7.58. The van der Waals surface area contributed by atoms with Crippen molar-refractivity contribution in [2.45, 2.75) is 11.4 Å². The summed E-state index contributed by atoms with van der Waals surface area (Å²) >= 11 is 0. The van der Waals surface area contributed by atoms with Gasteiger partial charge in [0.05, 0.1) is 18.6 Å². The predicted molar refractivity (Wildman–Crippen MR) is 77.4 cm³/mol. The fraction of sp³-hybridized carbons (Fsp3) is 0.538. The molecule has 0 bridgehead atoms. The molecule has 0 radical (unpaired) electrons. The second-order valence-corrected chi connectivity index (χ2v) is 6.37. The number of benzene rings is 1. The Morgan fingerprint density at radius 2 is 2.00 bits per heavy atom. The van der Waals surface area contributed by atoms with Gasteiger partial charge in [-0.05, 0) is 25.2 Å². The summed E-state index contributed by atoms with van der Waals surface area (Å²) in [5, 5.41) is 2.99. The first kappa shape index (κ1) is 16.9. The van der Waals surface area contributed by atoms with Gasteiger partial charge in [-0.15, -0.1) is 0 Å². The molecule has 0 heterocycles. The minimum absolute atomic E-state index is 0.252. The number of nitrogens with one attached hydrogen (secondary N) is 1. The molecule has 0 spiro atoms. The van der Waals surface area contributed by atoms with Crippen molar-refractivity contribution < 1.29 is 17.9 Å². The standard InChI is InChI=1S/C13H22N2O4S/c1-14-10-11-9-12(5-6-13(11)19-4)20(16,17)15(2)7-8-18-3/h5-6,9,14H,7-8,10H2,1-4H3. The van der Waals surface area contributed by atoms with E-state index in [4.69, 9.17) is 9.47 Å². The molecule has 1 aromatic rings. The van der Waals surface area contributed by atoms with Crippen LogP contribution in [0.5, 0.6) is 5.75 Å². The van der Waals surface area contributed by atoms with Gasteiger partial charge in [-0.3, -0.25) is 0 Å². The van der Waals surface area contributed by atoms with E-state index in [1.54, 1.807) is 39.5 Å². The van der Waals surface area contributed by atoms with E-state index in [9.17, 15) is 8.42 Å². The van der Waals surface area contributed by atoms with Crippen LogP contribution in [0, 0.1) is 0 Å². The van der Waals surface area contributed by atoms with E-state index < -0.39 is 10.0 Å². The third kappa shape index (κ3) is 3.92. The molecule has 0 saturated carbocycles. The van der Waals surface area contributed by atoms with Crippen LogP contribution in [0.2, 0.25) is 0 Å². The Morgan fingerprint density at radius 3 is 2.55 bits per heavy atom. The summed E-state index contributed by atoms with van der Waals surface area (Å²) < 4.78 is 36.2. The second-order valence-electron chi connectivity index (χ2n) is 4.32. The van der Waals surface area contributed by atoms with Crippen molar-refractivity contribution in [3.8, 4) is 5.75 Å². The number of hydrogen-bond acceptors (Lipinski definition) is 5. The van der Waals surface area contributed by atoms with E-state index in [0.29, 0.717) is 25.4 Å². The SMILES string of the molecule is CNCc1cc(S(=O)(=O)N(C)CCOC)ccc1OC. The van der Waals surface area contributed by atoms with E-state index in [1.807, 2.05) is 0 Å². The lowest BCUT2D eigenvalue weighted by Crippen LogP contribution is -2.30. The number of ether oxygens (including phenoxy) is 2. The maximum atomic E-state index is 12.4. The van der Waals surface area contributed by atoms with Crippen LogP contribution in [0.1, 0.15) is 5.56 Å². The van der Waals surface area contributed by atoms with Crippen LogP contribution in [0.4, 0.5) is 0 Å². The molecule has 0 aliphatic carbocycles. The van der Waals surface area contributed by atoms with Crippen LogP contribution in [0.3, 0.4) is 0 Å². The number of hydrogen-bond donors (Lipinski definition) is 1. The number of likely N-dealkylation sites (N-methyl/N-ethyl adjacent to an activating group) is 1. The van der Waals surface area contributed by atoms with Gasteiger partial charge in [0.25, 0.3) is 0 Å². The first-order valence-electron chi connectivity index (χ1n) is 6.24. The number of nitrogens with zero attached hydrogens (tertiary/aromatic N) is 1. The molecule has 114 valence electrons. The monoisotopic (exact) mass is 302 g/mol. The zero-order valence-corrected chi connectivity index (χ0v) is 13.2. The molecule has 0 atom stereocenters. The van der Waals surface area contributed by atoms with E-state index >= 15 is 0 Å². The molecule has 0 aliphatic heterocycles. The van der Waals surface area contributed by atoms with Gasteiger partial charge < -0.3 is 14.8 Å². The van der Waals surface area contributed by atoms with Crippen LogP contribution in [-0.4, -0.2) is 54.2 Å². The lowest BCUT2D eigenvalue weighted by Gasteiger charge is -2.18. The molecule has 0 aliphatic rings. The Balaban J connectivity index is 3.09. The molecule has 0 fully saturated rings. The Hall–Kier alpha value is -1.15. The quantitative estimate of drug-likeness (QED) is 0.765. The predicted octanol–water partition coefficient (Wildman–Crippen LogP) is 0.682. The summed E-state index contributed by atoms with van der Waals surface area (Å²) in [5.41, 5.74) is 0.802. The third-order valence-electron chi connectivity index (χ3n) is 2.94. The average Bonchev–Trinajstić information content (AvgIpc) is 2.44. The van der Waals surface area contributed by atoms with E-state index in [1.165, 1.54) is 11.4 Å². The highest BCUT2D eigenvalue weighted by Gasteiger charge is 2.21. The molecule has 20 heavy (non-hydrogen) atoms. The Bertz CT molecular complexity index is 531. The largest absolute Gasteiger partial charge is 0.496 e. The van der Waals surface area contributed by atoms with Crippen molar-refractivity contribution in [2.75, 3.05) is 41.5 Å². The van der Waals surface area contributed by atoms with Crippen LogP contribution in [0.15, 0.2) is 23.1 Å². The van der Waals surface area contributed by atoms with E-state index in [-0.39, 0.29) is 4.90 Å². The number of rotatable bonds is 8. The minimum Gasteiger partial charge on any atom is -0.496 e. The fourth-order valence-corrected chi connectivity index (χ4v) is 2.97. The van der Waals surface area contributed by atoms with E-state index in [0.717, 1.165) is 5.56 Å². The van der Waals surface area contributed by atoms with Crippen molar-refractivity contribution in [2.24, 2.45) is 0 Å². The first-order chi connectivity index (χ1) is 9.47. The fourth-order valence-electron chi connectivity index (χ4n) is 1.76. The number of sulfonamides is 1. The highest BCUT2D eigenvalue weighted by molar-refractivity contribution is 7.89. The van der Waals surface area contributed by atoms with Crippen LogP contribution in [0.25, 0.3) is 0 Å². The van der Waals surface area contributed by atoms with Crippen LogP contribution < -0.4 is 10.1 Å². The van der Waals surface area contributed by atoms with Gasteiger partial charge in [0.2, 0.25) is 10.0 Å². The lowest BCUT2D eigenvalue weighted by molar-refractivity contribution is 0.185. The summed E-state index contributed by atoms with van der Waals surface area (Å²) in [7, 11) is 2.93. The molecule has 1 N–H and O–H groups in total. The molecule has 0 amide bonds. The summed E-state index contributed by atoms with van der Waals surface area (Å²) in [6, 6.07) is 4.86. The van der Waals surface area contributed by atoms with Crippen LogP contribution in [-0.2, 0) is 21.3 Å². The van der Waals surface area contributed by atoms with Crippen molar-refractivity contribution >= 4 is 10.0 Å². The molecule has 1 rings (SSSR count). The van der Waals surface area contributed by atoms with Gasteiger partial charge in [-0.25, -0.2) is 8.42 Å². The summed E-state index contributed by atoms with van der Waals surface area (Å²) in [6.45, 7) is 1.20. The average molecular weight is 302 g/mol. The van der Waals surface area contributed by atoms with Gasteiger partial charge >= 0.3 is 0 Å². The third-order valence-corrected chi connectivity index (χ3v) is 4.79. The molecule has 7 heteroatoms. The van der Waals surface area contributed by atoms with Crippen molar-refractivity contribution in [1.29, 1.82) is 0 Å². The van der Waals surface area contributed by atoms with Gasteiger partial charge in [0.15, 0.2) is 0 Å². The summed E-state index contributed by atoms with van der Waals surface area (Å²) in [5.74, 6) is 0.665. The maximum Gasteiger partial charge on any atom is 0.242 e. The van der Waals surface area contributed by atoms with Crippen molar-refractivity contribution in [1.82, 2.24) is 9.62 Å². The molecule has 0 saturated heterocycles. The topological polar surface area (TPSA) is 67.9 Å². The Morgan fingerprint density at radius 1 is 1.30 bits per heavy atom. The molecular weight excluding hydrogens is 280 g/mol. The van der Waals surface area contributed by atoms with Gasteiger partial charge in [-0.2, -0.15) is 4.31 Å². The number of methoxy groups -OCH3 is 2. The van der Waals surface area contributed by atoms with Crippen molar-refractivity contribution in [3.63, 3.8) is 0 Å². The molecule has 1 aromatic carbocycles. The Kier molecular flexibility index (Phi) is 6.41. The first-order valence-corrected chi connectivity index (χ1v) is 7.68. The zero-order valence-electron chi connectivity index (χ0n) is 12.3.